The summed E-state index contributed by atoms with van der Waals surface area (Å²) < 4.78 is 1.84. The molecule has 1 heterocycles. The minimum absolute atomic E-state index is 0.0248. The fourth-order valence-electron chi connectivity index (χ4n) is 1.45. The molecule has 0 spiro atoms. The number of aliphatic hydroxyl groups excluding tert-OH is 1. The van der Waals surface area contributed by atoms with Gasteiger partial charge < -0.3 is 9.67 Å². The normalized spacial score (nSPS) is 10.6. The third-order valence-electron chi connectivity index (χ3n) is 2.40. The van der Waals surface area contributed by atoms with Crippen LogP contribution in [0.2, 0.25) is 0 Å². The molecule has 18 heavy (non-hydrogen) atoms. The Labute approximate surface area is 107 Å². The maximum absolute atomic E-state index is 10.7. The van der Waals surface area contributed by atoms with Crippen LogP contribution in [0.5, 0.6) is 0 Å². The van der Waals surface area contributed by atoms with Crippen LogP contribution in [0.4, 0.5) is 5.69 Å². The van der Waals surface area contributed by atoms with E-state index < -0.39 is 4.92 Å². The Bertz CT molecular complexity index is 583. The second-order valence-corrected chi connectivity index (χ2v) is 4.64. The lowest BCUT2D eigenvalue weighted by Crippen LogP contribution is -1.95. The molecule has 0 aliphatic heterocycles. The molecule has 0 fully saturated rings. The SMILES string of the molecule is Cn1ccnc1Sc1ccc([N+](=O)[O-])cc1CO. The molecule has 2 aromatic rings. The number of non-ortho nitro benzene ring substituents is 1. The van der Waals surface area contributed by atoms with Gasteiger partial charge in [-0.1, -0.05) is 11.8 Å². The fourth-order valence-corrected chi connectivity index (χ4v) is 2.36. The Kier molecular flexibility index (Phi) is 3.63. The summed E-state index contributed by atoms with van der Waals surface area (Å²) in [5, 5.41) is 20.7. The van der Waals surface area contributed by atoms with Crippen molar-refractivity contribution in [3.05, 3.63) is 46.3 Å². The summed E-state index contributed by atoms with van der Waals surface area (Å²) >= 11 is 1.36. The monoisotopic (exact) mass is 265 g/mol. The molecular formula is C11H11N3O3S. The van der Waals surface area contributed by atoms with Crippen molar-refractivity contribution in [3.8, 4) is 0 Å². The summed E-state index contributed by atoms with van der Waals surface area (Å²) in [5.74, 6) is 0. The highest BCUT2D eigenvalue weighted by Crippen LogP contribution is 2.31. The number of aryl methyl sites for hydroxylation is 1. The van der Waals surface area contributed by atoms with E-state index in [0.717, 1.165) is 10.1 Å². The first-order valence-corrected chi connectivity index (χ1v) is 5.97. The fraction of sp³-hybridized carbons (Fsp3) is 0.182. The van der Waals surface area contributed by atoms with Crippen LogP contribution in [0.25, 0.3) is 0 Å². The van der Waals surface area contributed by atoms with Crippen LogP contribution in [0.15, 0.2) is 40.6 Å². The zero-order valence-electron chi connectivity index (χ0n) is 9.61. The van der Waals surface area contributed by atoms with E-state index in [1.807, 2.05) is 17.8 Å². The Morgan fingerprint density at radius 3 is 2.89 bits per heavy atom. The van der Waals surface area contributed by atoms with Gasteiger partial charge in [-0.25, -0.2) is 4.98 Å². The summed E-state index contributed by atoms with van der Waals surface area (Å²) in [7, 11) is 1.86. The van der Waals surface area contributed by atoms with Gasteiger partial charge in [0.25, 0.3) is 5.69 Å². The first kappa shape index (κ1) is 12.6. The molecule has 0 radical (unpaired) electrons. The number of nitro groups is 1. The maximum atomic E-state index is 10.7. The average molecular weight is 265 g/mol. The van der Waals surface area contributed by atoms with Crippen molar-refractivity contribution in [3.63, 3.8) is 0 Å². The minimum Gasteiger partial charge on any atom is -0.392 e. The van der Waals surface area contributed by atoms with E-state index in [4.69, 9.17) is 0 Å². The molecule has 0 amide bonds. The molecule has 7 heteroatoms. The number of hydrogen-bond donors (Lipinski definition) is 1. The average Bonchev–Trinajstić information content (AvgIpc) is 2.75. The molecule has 0 saturated carbocycles. The highest BCUT2D eigenvalue weighted by Gasteiger charge is 2.12. The third-order valence-corrected chi connectivity index (χ3v) is 3.60. The van der Waals surface area contributed by atoms with Gasteiger partial charge in [-0.2, -0.15) is 0 Å². The number of nitro benzene ring substituents is 1. The summed E-state index contributed by atoms with van der Waals surface area (Å²) in [4.78, 5) is 15.1. The number of aromatic nitrogens is 2. The number of rotatable bonds is 4. The third kappa shape index (κ3) is 2.52. The summed E-state index contributed by atoms with van der Waals surface area (Å²) in [5.41, 5.74) is 0.500. The van der Waals surface area contributed by atoms with Crippen LogP contribution in [0.3, 0.4) is 0 Å². The van der Waals surface area contributed by atoms with Crippen LogP contribution in [0.1, 0.15) is 5.56 Å². The molecule has 0 aliphatic carbocycles. The van der Waals surface area contributed by atoms with Gasteiger partial charge in [0.05, 0.1) is 11.5 Å². The predicted molar refractivity (Wildman–Crippen MR) is 66.4 cm³/mol. The Morgan fingerprint density at radius 2 is 2.33 bits per heavy atom. The van der Waals surface area contributed by atoms with Gasteiger partial charge in [0.1, 0.15) is 0 Å². The van der Waals surface area contributed by atoms with Gasteiger partial charge in [-0.15, -0.1) is 0 Å². The zero-order chi connectivity index (χ0) is 13.1. The van der Waals surface area contributed by atoms with E-state index >= 15 is 0 Å². The number of nitrogens with zero attached hydrogens (tertiary/aromatic N) is 3. The minimum atomic E-state index is -0.478. The number of benzene rings is 1. The smallest absolute Gasteiger partial charge is 0.269 e. The van der Waals surface area contributed by atoms with Gasteiger partial charge in [0, 0.05) is 36.5 Å². The number of aliphatic hydroxyl groups is 1. The van der Waals surface area contributed by atoms with Crippen LogP contribution >= 0.6 is 11.8 Å². The first-order valence-electron chi connectivity index (χ1n) is 5.15. The van der Waals surface area contributed by atoms with Crippen LogP contribution < -0.4 is 0 Å². The largest absolute Gasteiger partial charge is 0.392 e. The lowest BCUT2D eigenvalue weighted by atomic mass is 10.2. The summed E-state index contributed by atoms with van der Waals surface area (Å²) in [6.45, 7) is -0.242. The second-order valence-electron chi connectivity index (χ2n) is 3.63. The molecule has 6 nitrogen and oxygen atoms in total. The van der Waals surface area contributed by atoms with Crippen molar-refractivity contribution < 1.29 is 10.0 Å². The molecule has 94 valence electrons. The van der Waals surface area contributed by atoms with Crippen LogP contribution in [-0.2, 0) is 13.7 Å². The van der Waals surface area contributed by atoms with Gasteiger partial charge >= 0.3 is 0 Å². The van der Waals surface area contributed by atoms with E-state index in [1.54, 1.807) is 12.3 Å². The number of imidazole rings is 1. The standard InChI is InChI=1S/C11H11N3O3S/c1-13-5-4-12-11(13)18-10-3-2-9(14(16)17)6-8(10)7-15/h2-6,15H,7H2,1H3. The highest BCUT2D eigenvalue weighted by molar-refractivity contribution is 7.99. The highest BCUT2D eigenvalue weighted by atomic mass is 32.2. The van der Waals surface area contributed by atoms with E-state index in [2.05, 4.69) is 4.98 Å². The van der Waals surface area contributed by atoms with Crippen molar-refractivity contribution in [2.75, 3.05) is 0 Å². The molecule has 1 aromatic heterocycles. The molecule has 1 aromatic carbocycles. The van der Waals surface area contributed by atoms with Gasteiger partial charge in [0.15, 0.2) is 5.16 Å². The summed E-state index contributed by atoms with van der Waals surface area (Å²) in [6.07, 6.45) is 3.48. The Hall–Kier alpha value is -1.86. The first-order chi connectivity index (χ1) is 8.61. The molecular weight excluding hydrogens is 254 g/mol. The second kappa shape index (κ2) is 5.19. The maximum Gasteiger partial charge on any atom is 0.269 e. The van der Waals surface area contributed by atoms with Crippen LogP contribution in [-0.4, -0.2) is 19.6 Å². The van der Waals surface area contributed by atoms with Crippen molar-refractivity contribution in [2.45, 2.75) is 16.7 Å². The molecule has 0 saturated heterocycles. The van der Waals surface area contributed by atoms with Crippen molar-refractivity contribution in [1.29, 1.82) is 0 Å². The van der Waals surface area contributed by atoms with E-state index in [-0.39, 0.29) is 12.3 Å². The van der Waals surface area contributed by atoms with E-state index in [0.29, 0.717) is 5.56 Å². The van der Waals surface area contributed by atoms with Gasteiger partial charge in [-0.3, -0.25) is 10.1 Å². The molecule has 0 aliphatic rings. The predicted octanol–water partition coefficient (Wildman–Crippen LogP) is 1.97. The summed E-state index contributed by atoms with van der Waals surface area (Å²) in [6, 6.07) is 4.43. The zero-order valence-corrected chi connectivity index (χ0v) is 10.4. The van der Waals surface area contributed by atoms with Gasteiger partial charge in [0.2, 0.25) is 0 Å². The van der Waals surface area contributed by atoms with Gasteiger partial charge in [-0.05, 0) is 11.6 Å². The topological polar surface area (TPSA) is 81.2 Å². The van der Waals surface area contributed by atoms with Crippen molar-refractivity contribution in [1.82, 2.24) is 9.55 Å². The Morgan fingerprint density at radius 1 is 1.56 bits per heavy atom. The quantitative estimate of drug-likeness (QED) is 0.675. The molecule has 1 N–H and O–H groups in total. The molecule has 0 unspecified atom stereocenters. The van der Waals surface area contributed by atoms with Crippen molar-refractivity contribution in [2.24, 2.45) is 7.05 Å². The number of hydrogen-bond acceptors (Lipinski definition) is 5. The lowest BCUT2D eigenvalue weighted by Gasteiger charge is -2.06. The molecule has 2 rings (SSSR count). The molecule has 0 bridgehead atoms. The lowest BCUT2D eigenvalue weighted by molar-refractivity contribution is -0.385. The van der Waals surface area contributed by atoms with Crippen molar-refractivity contribution >= 4 is 17.4 Å². The van der Waals surface area contributed by atoms with E-state index in [9.17, 15) is 15.2 Å². The Balaban J connectivity index is 2.33. The van der Waals surface area contributed by atoms with Crippen LogP contribution in [0, 0.1) is 10.1 Å². The molecule has 0 atom stereocenters. The van der Waals surface area contributed by atoms with E-state index in [1.165, 1.54) is 23.9 Å².